The predicted molar refractivity (Wildman–Crippen MR) is 124 cm³/mol. The van der Waals surface area contributed by atoms with E-state index < -0.39 is 0 Å². The highest BCUT2D eigenvalue weighted by Crippen LogP contribution is 2.30. The highest BCUT2D eigenvalue weighted by atomic mass is 16.2. The number of rotatable bonds is 7. The summed E-state index contributed by atoms with van der Waals surface area (Å²) in [6, 6.07) is 18.0. The lowest BCUT2D eigenvalue weighted by atomic mass is 9.81. The van der Waals surface area contributed by atoms with Crippen LogP contribution in [-0.4, -0.2) is 21.5 Å². The van der Waals surface area contributed by atoms with Crippen molar-refractivity contribution in [1.29, 1.82) is 0 Å². The molecule has 1 aliphatic carbocycles. The minimum absolute atomic E-state index is 0.0257. The van der Waals surface area contributed by atoms with E-state index in [0.717, 1.165) is 44.0 Å². The maximum absolute atomic E-state index is 12.7. The fourth-order valence-corrected chi connectivity index (χ4v) is 4.58. The van der Waals surface area contributed by atoms with Gasteiger partial charge in [0.2, 0.25) is 5.91 Å². The molecule has 3 aromatic rings. The number of aryl methyl sites for hydroxylation is 1. The molecule has 1 amide bonds. The lowest BCUT2D eigenvalue weighted by molar-refractivity contribution is -0.126. The van der Waals surface area contributed by atoms with Crippen LogP contribution < -0.4 is 10.9 Å². The smallest absolute Gasteiger partial charge is 0.261 e. The van der Waals surface area contributed by atoms with Gasteiger partial charge in [-0.15, -0.1) is 0 Å². The molecule has 0 unspecified atom stereocenters. The summed E-state index contributed by atoms with van der Waals surface area (Å²) >= 11 is 0. The van der Waals surface area contributed by atoms with Crippen LogP contribution in [-0.2, 0) is 17.8 Å². The van der Waals surface area contributed by atoms with Gasteiger partial charge in [-0.25, -0.2) is 4.98 Å². The number of fused-ring (bicyclic) bond motifs is 1. The Morgan fingerprint density at radius 2 is 1.77 bits per heavy atom. The summed E-state index contributed by atoms with van der Waals surface area (Å²) in [5, 5.41) is 3.88. The molecule has 2 aromatic carbocycles. The van der Waals surface area contributed by atoms with Crippen molar-refractivity contribution in [2.24, 2.45) is 11.8 Å². The molecular weight excluding hydrogens is 386 g/mol. The molecule has 4 rings (SSSR count). The molecule has 162 valence electrons. The van der Waals surface area contributed by atoms with Gasteiger partial charge in [-0.3, -0.25) is 14.2 Å². The monoisotopic (exact) mass is 417 g/mol. The van der Waals surface area contributed by atoms with Gasteiger partial charge < -0.3 is 5.32 Å². The molecule has 1 saturated carbocycles. The van der Waals surface area contributed by atoms with Crippen molar-refractivity contribution < 1.29 is 4.79 Å². The number of nitrogens with zero attached hydrogens (tertiary/aromatic N) is 2. The SMILES string of the molecule is C[C@H](CCc1ccccc1)NC(=O)C1CCC(Cn2cnc3ccccc3c2=O)CC1. The van der Waals surface area contributed by atoms with E-state index >= 15 is 0 Å². The van der Waals surface area contributed by atoms with Crippen LogP contribution in [0.3, 0.4) is 0 Å². The lowest BCUT2D eigenvalue weighted by Gasteiger charge is -2.29. The van der Waals surface area contributed by atoms with Crippen molar-refractivity contribution in [2.75, 3.05) is 0 Å². The fraction of sp³-hybridized carbons (Fsp3) is 0.423. The van der Waals surface area contributed by atoms with Crippen LogP contribution in [0.2, 0.25) is 0 Å². The molecule has 0 saturated heterocycles. The van der Waals surface area contributed by atoms with E-state index in [1.54, 1.807) is 10.9 Å². The van der Waals surface area contributed by atoms with E-state index in [9.17, 15) is 9.59 Å². The van der Waals surface area contributed by atoms with Gasteiger partial charge in [-0.05, 0) is 69.1 Å². The summed E-state index contributed by atoms with van der Waals surface area (Å²) < 4.78 is 1.74. The summed E-state index contributed by atoms with van der Waals surface area (Å²) in [5.74, 6) is 0.686. The Hall–Kier alpha value is -2.95. The number of amides is 1. The molecule has 1 aliphatic rings. The first-order chi connectivity index (χ1) is 15.1. The first-order valence-corrected chi connectivity index (χ1v) is 11.4. The molecule has 0 radical (unpaired) electrons. The van der Waals surface area contributed by atoms with Gasteiger partial charge >= 0.3 is 0 Å². The molecule has 1 atom stereocenters. The number of benzene rings is 2. The maximum atomic E-state index is 12.7. The second kappa shape index (κ2) is 9.90. The van der Waals surface area contributed by atoms with E-state index in [1.807, 2.05) is 30.3 Å². The van der Waals surface area contributed by atoms with E-state index in [4.69, 9.17) is 0 Å². The second-order valence-corrected chi connectivity index (χ2v) is 8.87. The summed E-state index contributed by atoms with van der Waals surface area (Å²) in [4.78, 5) is 29.8. The van der Waals surface area contributed by atoms with Gasteiger partial charge in [-0.1, -0.05) is 42.5 Å². The average molecular weight is 418 g/mol. The largest absolute Gasteiger partial charge is 0.353 e. The van der Waals surface area contributed by atoms with Crippen LogP contribution >= 0.6 is 0 Å². The molecule has 5 heteroatoms. The number of para-hydroxylation sites is 1. The van der Waals surface area contributed by atoms with Gasteiger partial charge in [0.1, 0.15) is 0 Å². The number of nitrogens with one attached hydrogen (secondary N) is 1. The topological polar surface area (TPSA) is 64.0 Å². The van der Waals surface area contributed by atoms with Gasteiger partial charge in [0.15, 0.2) is 0 Å². The van der Waals surface area contributed by atoms with Crippen molar-refractivity contribution in [3.8, 4) is 0 Å². The zero-order valence-electron chi connectivity index (χ0n) is 18.2. The van der Waals surface area contributed by atoms with Crippen LogP contribution in [0, 0.1) is 11.8 Å². The Morgan fingerprint density at radius 3 is 2.55 bits per heavy atom. The third kappa shape index (κ3) is 5.40. The van der Waals surface area contributed by atoms with Crippen molar-refractivity contribution in [2.45, 2.75) is 58.0 Å². The minimum atomic E-state index is 0.0257. The van der Waals surface area contributed by atoms with Crippen molar-refractivity contribution in [3.63, 3.8) is 0 Å². The number of carbonyl (C=O) groups is 1. The molecule has 0 aliphatic heterocycles. The standard InChI is InChI=1S/C26H31N3O2/c1-19(11-12-20-7-3-2-4-8-20)28-25(30)22-15-13-21(14-16-22)17-29-18-27-24-10-6-5-9-23(24)26(29)31/h2-10,18-19,21-22H,11-17H2,1H3,(H,28,30)/t19-,21?,22?/m1/s1. The van der Waals surface area contributed by atoms with Crippen molar-refractivity contribution in [3.05, 3.63) is 76.8 Å². The lowest BCUT2D eigenvalue weighted by Crippen LogP contribution is -2.39. The average Bonchev–Trinajstić information content (AvgIpc) is 2.81. The molecule has 0 bridgehead atoms. The van der Waals surface area contributed by atoms with Crippen molar-refractivity contribution >= 4 is 16.8 Å². The van der Waals surface area contributed by atoms with Crippen LogP contribution in [0.4, 0.5) is 0 Å². The zero-order chi connectivity index (χ0) is 21.6. The Morgan fingerprint density at radius 1 is 1.06 bits per heavy atom. The summed E-state index contributed by atoms with van der Waals surface area (Å²) in [5.41, 5.74) is 2.07. The highest BCUT2D eigenvalue weighted by Gasteiger charge is 2.27. The first kappa shape index (κ1) is 21.3. The number of carbonyl (C=O) groups excluding carboxylic acids is 1. The number of aromatic nitrogens is 2. The van der Waals surface area contributed by atoms with E-state index in [-0.39, 0.29) is 23.4 Å². The zero-order valence-corrected chi connectivity index (χ0v) is 18.2. The number of hydrogen-bond donors (Lipinski definition) is 1. The number of hydrogen-bond acceptors (Lipinski definition) is 3. The van der Waals surface area contributed by atoms with Gasteiger partial charge in [-0.2, -0.15) is 0 Å². The third-order valence-electron chi connectivity index (χ3n) is 6.50. The van der Waals surface area contributed by atoms with Crippen LogP contribution in [0.25, 0.3) is 10.9 Å². The molecular formula is C26H31N3O2. The molecule has 31 heavy (non-hydrogen) atoms. The van der Waals surface area contributed by atoms with E-state index in [2.05, 4.69) is 41.5 Å². The summed E-state index contributed by atoms with van der Waals surface area (Å²) in [7, 11) is 0. The fourth-order valence-electron chi connectivity index (χ4n) is 4.58. The second-order valence-electron chi connectivity index (χ2n) is 8.87. The van der Waals surface area contributed by atoms with Crippen molar-refractivity contribution in [1.82, 2.24) is 14.9 Å². The molecule has 0 spiro atoms. The molecule has 5 nitrogen and oxygen atoms in total. The van der Waals surface area contributed by atoms with Gasteiger partial charge in [0, 0.05) is 18.5 Å². The van der Waals surface area contributed by atoms with Gasteiger partial charge in [0.25, 0.3) is 5.56 Å². The summed E-state index contributed by atoms with van der Waals surface area (Å²) in [6.45, 7) is 2.77. The minimum Gasteiger partial charge on any atom is -0.353 e. The Kier molecular flexibility index (Phi) is 6.80. The highest BCUT2D eigenvalue weighted by molar-refractivity contribution is 5.79. The molecule has 1 heterocycles. The Bertz CT molecular complexity index is 1070. The first-order valence-electron chi connectivity index (χ1n) is 11.4. The normalized spacial score (nSPS) is 19.8. The molecule has 1 aromatic heterocycles. The third-order valence-corrected chi connectivity index (χ3v) is 6.50. The predicted octanol–water partition coefficient (Wildman–Crippen LogP) is 4.34. The quantitative estimate of drug-likeness (QED) is 0.622. The van der Waals surface area contributed by atoms with Crippen LogP contribution in [0.5, 0.6) is 0 Å². The van der Waals surface area contributed by atoms with Crippen LogP contribution in [0.15, 0.2) is 65.7 Å². The van der Waals surface area contributed by atoms with E-state index in [1.165, 1.54) is 5.56 Å². The van der Waals surface area contributed by atoms with Crippen LogP contribution in [0.1, 0.15) is 44.6 Å². The molecule has 1 fully saturated rings. The molecule has 1 N–H and O–H groups in total. The Labute approximate surface area is 183 Å². The Balaban J connectivity index is 1.25. The van der Waals surface area contributed by atoms with E-state index in [0.29, 0.717) is 17.8 Å². The van der Waals surface area contributed by atoms with Gasteiger partial charge in [0.05, 0.1) is 17.2 Å². The summed E-state index contributed by atoms with van der Waals surface area (Å²) in [6.07, 6.45) is 7.30. The maximum Gasteiger partial charge on any atom is 0.261 e.